The Labute approximate surface area is 102 Å². The van der Waals surface area contributed by atoms with Gasteiger partial charge in [-0.3, -0.25) is 0 Å². The Morgan fingerprint density at radius 2 is 1.76 bits per heavy atom. The Bertz CT molecular complexity index is 467. The van der Waals surface area contributed by atoms with Gasteiger partial charge in [0, 0.05) is 6.20 Å². The summed E-state index contributed by atoms with van der Waals surface area (Å²) in [5, 5.41) is 4.48. The minimum Gasteiger partial charge on any atom is -0.241 e. The van der Waals surface area contributed by atoms with Crippen LogP contribution >= 0.6 is 0 Å². The zero-order valence-electron chi connectivity index (χ0n) is 10.0. The third-order valence-electron chi connectivity index (χ3n) is 3.70. The standard InChI is InChI=1S/C15H18N2/c1-3-7-13(8-4-1)14-11-16-17(12-14)15-9-5-2-6-10-15/h2,5-6,9-13H,1,3-4,7-8H2. The molecule has 17 heavy (non-hydrogen) atoms. The van der Waals surface area contributed by atoms with Gasteiger partial charge in [0.25, 0.3) is 0 Å². The van der Waals surface area contributed by atoms with E-state index in [4.69, 9.17) is 0 Å². The van der Waals surface area contributed by atoms with E-state index in [-0.39, 0.29) is 0 Å². The lowest BCUT2D eigenvalue weighted by Gasteiger charge is -2.19. The van der Waals surface area contributed by atoms with Crippen molar-refractivity contribution in [1.82, 2.24) is 9.78 Å². The van der Waals surface area contributed by atoms with Gasteiger partial charge in [0.15, 0.2) is 0 Å². The fourth-order valence-corrected chi connectivity index (χ4v) is 2.71. The molecule has 1 aromatic heterocycles. The van der Waals surface area contributed by atoms with Crippen molar-refractivity contribution in [2.75, 3.05) is 0 Å². The molecule has 1 aliphatic rings. The second kappa shape index (κ2) is 4.74. The Morgan fingerprint density at radius 3 is 2.53 bits per heavy atom. The second-order valence-corrected chi connectivity index (χ2v) is 4.89. The van der Waals surface area contributed by atoms with Gasteiger partial charge >= 0.3 is 0 Å². The van der Waals surface area contributed by atoms with Crippen LogP contribution in [0.15, 0.2) is 42.7 Å². The predicted molar refractivity (Wildman–Crippen MR) is 69.4 cm³/mol. The minimum atomic E-state index is 0.737. The van der Waals surface area contributed by atoms with Crippen molar-refractivity contribution in [3.05, 3.63) is 48.3 Å². The number of para-hydroxylation sites is 1. The summed E-state index contributed by atoms with van der Waals surface area (Å²) in [7, 11) is 0. The summed E-state index contributed by atoms with van der Waals surface area (Å²) in [4.78, 5) is 0. The van der Waals surface area contributed by atoms with E-state index in [1.807, 2.05) is 16.9 Å². The average molecular weight is 226 g/mol. The molecule has 1 saturated carbocycles. The Balaban J connectivity index is 1.83. The summed E-state index contributed by atoms with van der Waals surface area (Å²) < 4.78 is 1.99. The Kier molecular flexibility index (Phi) is 2.95. The largest absolute Gasteiger partial charge is 0.241 e. The van der Waals surface area contributed by atoms with E-state index in [0.717, 1.165) is 11.6 Å². The Hall–Kier alpha value is -1.57. The second-order valence-electron chi connectivity index (χ2n) is 4.89. The molecule has 0 atom stereocenters. The molecule has 0 radical (unpaired) electrons. The quantitative estimate of drug-likeness (QED) is 0.759. The third kappa shape index (κ3) is 2.26. The highest BCUT2D eigenvalue weighted by atomic mass is 15.3. The summed E-state index contributed by atoms with van der Waals surface area (Å²) in [5.74, 6) is 0.737. The van der Waals surface area contributed by atoms with Crippen LogP contribution in [0.4, 0.5) is 0 Å². The van der Waals surface area contributed by atoms with E-state index in [9.17, 15) is 0 Å². The molecule has 0 amide bonds. The maximum atomic E-state index is 4.48. The molecule has 1 heterocycles. The first-order valence-corrected chi connectivity index (χ1v) is 6.53. The number of hydrogen-bond acceptors (Lipinski definition) is 1. The van der Waals surface area contributed by atoms with E-state index in [1.165, 1.54) is 37.7 Å². The fraction of sp³-hybridized carbons (Fsp3) is 0.400. The summed E-state index contributed by atoms with van der Waals surface area (Å²) in [5.41, 5.74) is 2.56. The van der Waals surface area contributed by atoms with Crippen LogP contribution in [0.1, 0.15) is 43.6 Å². The first-order chi connectivity index (χ1) is 8.43. The molecule has 2 nitrogen and oxygen atoms in total. The minimum absolute atomic E-state index is 0.737. The molecule has 0 unspecified atom stereocenters. The van der Waals surface area contributed by atoms with E-state index >= 15 is 0 Å². The molecule has 0 bridgehead atoms. The van der Waals surface area contributed by atoms with E-state index < -0.39 is 0 Å². The van der Waals surface area contributed by atoms with Crippen molar-refractivity contribution in [2.45, 2.75) is 38.0 Å². The lowest BCUT2D eigenvalue weighted by atomic mass is 9.86. The van der Waals surface area contributed by atoms with Crippen LogP contribution < -0.4 is 0 Å². The molecule has 3 rings (SSSR count). The molecule has 88 valence electrons. The molecule has 0 saturated heterocycles. The molecule has 0 aliphatic heterocycles. The SMILES string of the molecule is c1ccc(-n2cc(C3CCCCC3)cn2)cc1. The summed E-state index contributed by atoms with van der Waals surface area (Å²) >= 11 is 0. The molecule has 0 spiro atoms. The smallest absolute Gasteiger partial charge is 0.0645 e. The van der Waals surface area contributed by atoms with Crippen molar-refractivity contribution in [2.24, 2.45) is 0 Å². The van der Waals surface area contributed by atoms with Gasteiger partial charge in [-0.15, -0.1) is 0 Å². The van der Waals surface area contributed by atoms with Gasteiger partial charge in [-0.05, 0) is 36.5 Å². The maximum Gasteiger partial charge on any atom is 0.0645 e. The lowest BCUT2D eigenvalue weighted by Crippen LogP contribution is -2.03. The van der Waals surface area contributed by atoms with Gasteiger partial charge in [-0.1, -0.05) is 37.5 Å². The first-order valence-electron chi connectivity index (χ1n) is 6.53. The number of benzene rings is 1. The van der Waals surface area contributed by atoms with E-state index in [1.54, 1.807) is 0 Å². The molecular formula is C15H18N2. The van der Waals surface area contributed by atoms with Crippen LogP contribution in [-0.4, -0.2) is 9.78 Å². The number of aromatic nitrogens is 2. The normalized spacial score (nSPS) is 17.2. The third-order valence-corrected chi connectivity index (χ3v) is 3.70. The molecule has 2 aromatic rings. The zero-order valence-corrected chi connectivity index (χ0v) is 10.0. The number of rotatable bonds is 2. The zero-order chi connectivity index (χ0) is 11.5. The van der Waals surface area contributed by atoms with Gasteiger partial charge in [-0.25, -0.2) is 4.68 Å². The van der Waals surface area contributed by atoms with Crippen LogP contribution in [0, 0.1) is 0 Å². The number of nitrogens with zero attached hydrogens (tertiary/aromatic N) is 2. The molecule has 1 aromatic carbocycles. The van der Waals surface area contributed by atoms with Gasteiger partial charge in [0.2, 0.25) is 0 Å². The van der Waals surface area contributed by atoms with Gasteiger partial charge in [0.05, 0.1) is 11.9 Å². The maximum absolute atomic E-state index is 4.48. The highest BCUT2D eigenvalue weighted by Crippen LogP contribution is 2.32. The van der Waals surface area contributed by atoms with E-state index in [0.29, 0.717) is 0 Å². The van der Waals surface area contributed by atoms with Crippen LogP contribution in [0.25, 0.3) is 5.69 Å². The monoisotopic (exact) mass is 226 g/mol. The van der Waals surface area contributed by atoms with Gasteiger partial charge in [-0.2, -0.15) is 5.10 Å². The summed E-state index contributed by atoms with van der Waals surface area (Å²) in [6.07, 6.45) is 11.1. The first kappa shape index (κ1) is 10.6. The van der Waals surface area contributed by atoms with Crippen molar-refractivity contribution < 1.29 is 0 Å². The Morgan fingerprint density at radius 1 is 1.00 bits per heavy atom. The highest BCUT2D eigenvalue weighted by Gasteiger charge is 2.16. The average Bonchev–Trinajstić information content (AvgIpc) is 2.90. The van der Waals surface area contributed by atoms with Crippen molar-refractivity contribution >= 4 is 0 Å². The van der Waals surface area contributed by atoms with Crippen molar-refractivity contribution in [1.29, 1.82) is 0 Å². The highest BCUT2D eigenvalue weighted by molar-refractivity contribution is 5.31. The van der Waals surface area contributed by atoms with E-state index in [2.05, 4.69) is 35.6 Å². The molecule has 1 aliphatic carbocycles. The van der Waals surface area contributed by atoms with Crippen LogP contribution in [-0.2, 0) is 0 Å². The molecular weight excluding hydrogens is 208 g/mol. The molecule has 2 heteroatoms. The van der Waals surface area contributed by atoms with Gasteiger partial charge in [0.1, 0.15) is 0 Å². The van der Waals surface area contributed by atoms with Crippen molar-refractivity contribution in [3.8, 4) is 5.69 Å². The summed E-state index contributed by atoms with van der Waals surface area (Å²) in [6.45, 7) is 0. The predicted octanol–water partition coefficient (Wildman–Crippen LogP) is 3.92. The number of hydrogen-bond donors (Lipinski definition) is 0. The topological polar surface area (TPSA) is 17.8 Å². The molecule has 0 N–H and O–H groups in total. The van der Waals surface area contributed by atoms with Crippen LogP contribution in [0.3, 0.4) is 0 Å². The lowest BCUT2D eigenvalue weighted by molar-refractivity contribution is 0.443. The fourth-order valence-electron chi connectivity index (χ4n) is 2.71. The molecule has 1 fully saturated rings. The van der Waals surface area contributed by atoms with Crippen molar-refractivity contribution in [3.63, 3.8) is 0 Å². The van der Waals surface area contributed by atoms with Crippen LogP contribution in [0.2, 0.25) is 0 Å². The van der Waals surface area contributed by atoms with Gasteiger partial charge < -0.3 is 0 Å². The van der Waals surface area contributed by atoms with Crippen LogP contribution in [0.5, 0.6) is 0 Å². The summed E-state index contributed by atoms with van der Waals surface area (Å²) in [6, 6.07) is 10.3.